The van der Waals surface area contributed by atoms with Crippen molar-refractivity contribution in [3.8, 4) is 40.6 Å². The maximum Gasteiger partial charge on any atom is 0.203 e. The zero-order chi connectivity index (χ0) is 42.1. The van der Waals surface area contributed by atoms with Crippen molar-refractivity contribution in [3.05, 3.63) is 165 Å². The molecule has 60 heavy (non-hydrogen) atoms. The number of para-hydroxylation sites is 2. The molecule has 5 heterocycles. The Labute approximate surface area is 346 Å². The van der Waals surface area contributed by atoms with Gasteiger partial charge in [-0.25, -0.2) is 9.97 Å². The molecule has 1 aliphatic rings. The first kappa shape index (κ1) is 37.0. The van der Waals surface area contributed by atoms with Gasteiger partial charge in [-0.3, -0.25) is 29.1 Å². The van der Waals surface area contributed by atoms with E-state index in [-0.39, 0.29) is 44.9 Å². The summed E-state index contributed by atoms with van der Waals surface area (Å²) in [6.07, 6.45) is 1.88. The lowest BCUT2D eigenvalue weighted by Gasteiger charge is -2.41. The number of fused-ring (bicyclic) bond motifs is 5. The summed E-state index contributed by atoms with van der Waals surface area (Å²) in [6.45, 7) is 34.3. The van der Waals surface area contributed by atoms with Crippen LogP contribution in [0.2, 0.25) is 0 Å². The molecule has 11 heteroatoms. The van der Waals surface area contributed by atoms with Crippen molar-refractivity contribution in [1.82, 2.24) is 24.7 Å². The van der Waals surface area contributed by atoms with Gasteiger partial charge in [0.05, 0.1) is 76.8 Å². The lowest BCUT2D eigenvalue weighted by molar-refractivity contribution is 0.588. The molecule has 0 amide bonds. The van der Waals surface area contributed by atoms with E-state index < -0.39 is 5.41 Å². The van der Waals surface area contributed by atoms with Crippen LogP contribution in [0.4, 0.5) is 34.3 Å². The van der Waals surface area contributed by atoms with Crippen molar-refractivity contribution in [2.75, 3.05) is 4.90 Å². The molecular weight excluding hydrogens is 743 g/mol. The van der Waals surface area contributed by atoms with E-state index in [2.05, 4.69) is 148 Å². The van der Waals surface area contributed by atoms with E-state index in [1.165, 1.54) is 5.56 Å². The topological polar surface area (TPSA) is 123 Å². The van der Waals surface area contributed by atoms with Gasteiger partial charge in [-0.05, 0) is 65.1 Å². The molecule has 8 aromatic rings. The molecule has 0 aliphatic carbocycles. The number of benzene rings is 4. The number of rotatable bonds is 4. The van der Waals surface area contributed by atoms with Crippen molar-refractivity contribution in [1.29, 1.82) is 10.5 Å². The van der Waals surface area contributed by atoms with Crippen molar-refractivity contribution in [2.24, 2.45) is 0 Å². The highest BCUT2D eigenvalue weighted by Gasteiger charge is 2.38. The fourth-order valence-electron chi connectivity index (χ4n) is 8.41. The molecular formula is C49H33N11. The van der Waals surface area contributed by atoms with E-state index in [9.17, 15) is 10.5 Å². The average Bonchev–Trinajstić information content (AvgIpc) is 3.88. The summed E-state index contributed by atoms with van der Waals surface area (Å²) in [5.41, 5.74) is 6.71. The van der Waals surface area contributed by atoms with Crippen molar-refractivity contribution >= 4 is 56.1 Å². The van der Waals surface area contributed by atoms with Crippen LogP contribution in [0.25, 0.3) is 64.8 Å². The molecule has 0 atom stereocenters. The minimum atomic E-state index is -0.426. The summed E-state index contributed by atoms with van der Waals surface area (Å²) in [6, 6.07) is 37.0. The van der Waals surface area contributed by atoms with E-state index in [4.69, 9.17) is 29.7 Å². The van der Waals surface area contributed by atoms with E-state index in [1.54, 1.807) is 6.07 Å². The lowest BCUT2D eigenvalue weighted by Crippen LogP contribution is -2.31. The largest absolute Gasteiger partial charge is 0.294 e. The van der Waals surface area contributed by atoms with Gasteiger partial charge in [0.15, 0.2) is 5.69 Å². The van der Waals surface area contributed by atoms with E-state index >= 15 is 0 Å². The highest BCUT2D eigenvalue weighted by molar-refractivity contribution is 6.10. The molecule has 0 saturated heterocycles. The van der Waals surface area contributed by atoms with Crippen molar-refractivity contribution in [3.63, 3.8) is 0 Å². The molecule has 1 N–H and O–H groups in total. The number of aromatic nitrogens is 5. The Hall–Kier alpha value is -8.56. The molecule has 0 fully saturated rings. The summed E-state index contributed by atoms with van der Waals surface area (Å²) >= 11 is 0. The Balaban J connectivity index is 1.25. The summed E-state index contributed by atoms with van der Waals surface area (Å²) < 4.78 is 2.23. The van der Waals surface area contributed by atoms with Crippen LogP contribution in [-0.2, 0) is 10.8 Å². The van der Waals surface area contributed by atoms with Crippen LogP contribution >= 0.6 is 0 Å². The Morgan fingerprint density at radius 2 is 1.43 bits per heavy atom. The molecule has 284 valence electrons. The second kappa shape index (κ2) is 13.5. The molecule has 0 radical (unpaired) electrons. The summed E-state index contributed by atoms with van der Waals surface area (Å²) in [5.74, 6) is 1.54. The van der Waals surface area contributed by atoms with Gasteiger partial charge in [-0.2, -0.15) is 15.6 Å². The van der Waals surface area contributed by atoms with Crippen LogP contribution < -0.4 is 4.90 Å². The molecule has 0 bridgehead atoms. The number of nitriles is 2. The molecule has 4 aromatic carbocycles. The molecule has 1 aliphatic heterocycles. The van der Waals surface area contributed by atoms with Gasteiger partial charge in [-0.15, -0.1) is 0 Å². The van der Waals surface area contributed by atoms with Gasteiger partial charge in [-0.1, -0.05) is 83.1 Å². The van der Waals surface area contributed by atoms with Crippen LogP contribution in [0.1, 0.15) is 62.4 Å². The third kappa shape index (κ3) is 5.41. The standard InChI is InChI=1S/C49H33N11/c1-48(2,3)28-21-22-55-42(23-28)60-39-15-11-9-13-30(39)31-18-17-29(24-41(31)60)59-40-16-12-10-14-34(40)49(4,5)35-19-20-36(56-47(35)59)37-25-38(58-57-37)43-32(26-50)33(27-51)44(52-6)46(54-8)45(43)53-7/h9-25H,1-5H3,(H,57,58). The second-order valence-corrected chi connectivity index (χ2v) is 16.1. The molecule has 9 rings (SSSR count). The number of pyridine rings is 2. The summed E-state index contributed by atoms with van der Waals surface area (Å²) in [7, 11) is 0. The number of nitrogens with one attached hydrogen (secondary N) is 1. The van der Waals surface area contributed by atoms with E-state index in [0.717, 1.165) is 50.1 Å². The Morgan fingerprint density at radius 1 is 0.717 bits per heavy atom. The summed E-state index contributed by atoms with van der Waals surface area (Å²) in [5, 5.41) is 29.9. The van der Waals surface area contributed by atoms with Gasteiger partial charge in [0, 0.05) is 39.2 Å². The molecule has 0 saturated carbocycles. The van der Waals surface area contributed by atoms with Crippen LogP contribution in [0.3, 0.4) is 0 Å². The van der Waals surface area contributed by atoms with Crippen LogP contribution in [0.5, 0.6) is 0 Å². The minimum absolute atomic E-state index is 0.0193. The van der Waals surface area contributed by atoms with Gasteiger partial charge in [0.2, 0.25) is 11.4 Å². The smallest absolute Gasteiger partial charge is 0.203 e. The minimum Gasteiger partial charge on any atom is -0.294 e. The number of hydrogen-bond acceptors (Lipinski definition) is 6. The van der Waals surface area contributed by atoms with Crippen molar-refractivity contribution < 1.29 is 0 Å². The maximum atomic E-state index is 10.2. The number of H-pyrrole nitrogens is 1. The lowest BCUT2D eigenvalue weighted by atomic mass is 9.74. The first-order valence-electron chi connectivity index (χ1n) is 19.1. The fraction of sp³-hybridized carbons (Fsp3) is 0.143. The van der Waals surface area contributed by atoms with Crippen LogP contribution in [-0.4, -0.2) is 24.7 Å². The maximum absolute atomic E-state index is 10.2. The number of anilines is 3. The molecule has 0 spiro atoms. The van der Waals surface area contributed by atoms with E-state index in [0.29, 0.717) is 17.2 Å². The Bertz CT molecular complexity index is 3310. The highest BCUT2D eigenvalue weighted by atomic mass is 15.2. The normalized spacial score (nSPS) is 12.8. The Kier molecular flexibility index (Phi) is 8.36. The molecule has 0 unspecified atom stereocenters. The fourth-order valence-corrected chi connectivity index (χ4v) is 8.41. The zero-order valence-electron chi connectivity index (χ0n) is 33.3. The van der Waals surface area contributed by atoms with Gasteiger partial charge < -0.3 is 0 Å². The predicted octanol–water partition coefficient (Wildman–Crippen LogP) is 12.4. The number of aromatic amines is 1. The van der Waals surface area contributed by atoms with Crippen LogP contribution in [0, 0.1) is 42.4 Å². The zero-order valence-corrected chi connectivity index (χ0v) is 33.3. The first-order chi connectivity index (χ1) is 28.9. The predicted molar refractivity (Wildman–Crippen MR) is 233 cm³/mol. The highest BCUT2D eigenvalue weighted by Crippen LogP contribution is 2.53. The second-order valence-electron chi connectivity index (χ2n) is 16.1. The third-order valence-corrected chi connectivity index (χ3v) is 11.4. The van der Waals surface area contributed by atoms with E-state index in [1.807, 2.05) is 30.5 Å². The number of hydrogen-bond donors (Lipinski definition) is 1. The van der Waals surface area contributed by atoms with Gasteiger partial charge in [0.25, 0.3) is 0 Å². The SMILES string of the molecule is [C-]#[N+]c1c(C#N)c(C#N)c(-c2cc(-c3ccc4c(n3)N(c3ccc5c6ccccc6n(-c6cc(C(C)(C)C)ccn6)c5c3)c3ccccc3C4(C)C)[nH]n2)c([N+]#[C-])c1[N+]#[C-]. The number of nitrogens with zero attached hydrogens (tertiary/aromatic N) is 10. The summed E-state index contributed by atoms with van der Waals surface area (Å²) in [4.78, 5) is 22.8. The van der Waals surface area contributed by atoms with Gasteiger partial charge >= 0.3 is 0 Å². The Morgan fingerprint density at radius 3 is 2.17 bits per heavy atom. The average molecular weight is 776 g/mol. The quantitative estimate of drug-likeness (QED) is 0.178. The van der Waals surface area contributed by atoms with Crippen molar-refractivity contribution in [2.45, 2.75) is 45.4 Å². The molecule has 4 aromatic heterocycles. The molecule has 11 nitrogen and oxygen atoms in total. The van der Waals surface area contributed by atoms with Gasteiger partial charge in [0.1, 0.15) is 11.6 Å². The first-order valence-corrected chi connectivity index (χ1v) is 19.1. The third-order valence-electron chi connectivity index (χ3n) is 11.4. The monoisotopic (exact) mass is 775 g/mol. The van der Waals surface area contributed by atoms with Crippen LogP contribution in [0.15, 0.2) is 103 Å².